The van der Waals surface area contributed by atoms with Gasteiger partial charge in [0, 0.05) is 5.69 Å². The summed E-state index contributed by atoms with van der Waals surface area (Å²) in [4.78, 5) is 21.8. The van der Waals surface area contributed by atoms with Crippen LogP contribution in [0, 0.1) is 5.82 Å². The van der Waals surface area contributed by atoms with Crippen LogP contribution in [0.2, 0.25) is 0 Å². The number of hydrogen-bond acceptors (Lipinski definition) is 3. The lowest BCUT2D eigenvalue weighted by atomic mass is 10.2. The molecular weight excluding hydrogens is 295 g/mol. The van der Waals surface area contributed by atoms with Gasteiger partial charge in [-0.15, -0.1) is 0 Å². The Hall–Kier alpha value is -1.47. The van der Waals surface area contributed by atoms with Gasteiger partial charge in [0.05, 0.1) is 16.9 Å². The van der Waals surface area contributed by atoms with Crippen molar-refractivity contribution in [3.05, 3.63) is 28.5 Å². The van der Waals surface area contributed by atoms with Crippen molar-refractivity contribution in [1.29, 1.82) is 0 Å². The fourth-order valence-corrected chi connectivity index (χ4v) is 1.47. The van der Waals surface area contributed by atoms with Gasteiger partial charge in [0.2, 0.25) is 5.91 Å². The molecule has 0 saturated carbocycles. The summed E-state index contributed by atoms with van der Waals surface area (Å²) in [6, 6.07) is 2.74. The number of rotatable bonds is 4. The van der Waals surface area contributed by atoms with Crippen LogP contribution in [-0.4, -0.2) is 23.0 Å². The van der Waals surface area contributed by atoms with Gasteiger partial charge in [0.25, 0.3) is 0 Å². The molecule has 4 N–H and O–H groups in total. The molecule has 7 heteroatoms. The highest BCUT2D eigenvalue weighted by Crippen LogP contribution is 2.20. The van der Waals surface area contributed by atoms with Gasteiger partial charge in [0.15, 0.2) is 0 Å². The lowest BCUT2D eigenvalue weighted by Crippen LogP contribution is -2.37. The van der Waals surface area contributed by atoms with Crippen LogP contribution in [0.5, 0.6) is 0 Å². The van der Waals surface area contributed by atoms with Crippen LogP contribution in [0.4, 0.5) is 10.1 Å². The minimum atomic E-state index is -1.16. The lowest BCUT2D eigenvalue weighted by molar-refractivity contribution is -0.138. The average molecular weight is 305 g/mol. The largest absolute Gasteiger partial charge is 0.481 e. The van der Waals surface area contributed by atoms with E-state index in [0.717, 1.165) is 0 Å². The number of anilines is 1. The Morgan fingerprint density at radius 3 is 2.71 bits per heavy atom. The monoisotopic (exact) mass is 304 g/mol. The van der Waals surface area contributed by atoms with Crippen LogP contribution < -0.4 is 11.1 Å². The van der Waals surface area contributed by atoms with Gasteiger partial charge < -0.3 is 16.2 Å². The molecule has 0 heterocycles. The van der Waals surface area contributed by atoms with Crippen LogP contribution in [-0.2, 0) is 9.59 Å². The minimum absolute atomic E-state index is 0.196. The SMILES string of the molecule is NC(CC(=O)O)C(=O)Nc1ccc(F)c(Br)c1. The quantitative estimate of drug-likeness (QED) is 0.782. The van der Waals surface area contributed by atoms with Gasteiger partial charge in [-0.05, 0) is 34.1 Å². The van der Waals surface area contributed by atoms with E-state index in [9.17, 15) is 14.0 Å². The molecular formula is C10H10BrFN2O3. The first kappa shape index (κ1) is 13.6. The van der Waals surface area contributed by atoms with Crippen molar-refractivity contribution in [2.75, 3.05) is 5.32 Å². The summed E-state index contributed by atoms with van der Waals surface area (Å²) < 4.78 is 13.1. The first-order valence-corrected chi connectivity index (χ1v) is 5.42. The highest BCUT2D eigenvalue weighted by atomic mass is 79.9. The van der Waals surface area contributed by atoms with Gasteiger partial charge in [0.1, 0.15) is 5.82 Å². The molecule has 1 aromatic carbocycles. The molecule has 0 spiro atoms. The summed E-state index contributed by atoms with van der Waals surface area (Å²) in [7, 11) is 0. The third-order valence-electron chi connectivity index (χ3n) is 1.92. The molecule has 0 fully saturated rings. The zero-order valence-corrected chi connectivity index (χ0v) is 10.2. The maximum Gasteiger partial charge on any atom is 0.305 e. The van der Waals surface area contributed by atoms with E-state index >= 15 is 0 Å². The Morgan fingerprint density at radius 2 is 2.18 bits per heavy atom. The summed E-state index contributed by atoms with van der Waals surface area (Å²) in [6.45, 7) is 0. The van der Waals surface area contributed by atoms with Crippen LogP contribution in [0.1, 0.15) is 6.42 Å². The number of amides is 1. The fraction of sp³-hybridized carbons (Fsp3) is 0.200. The molecule has 0 bridgehead atoms. The van der Waals surface area contributed by atoms with Crippen molar-refractivity contribution in [2.24, 2.45) is 5.73 Å². The summed E-state index contributed by atoms with van der Waals surface area (Å²) >= 11 is 2.96. The van der Waals surface area contributed by atoms with Crippen LogP contribution >= 0.6 is 15.9 Å². The molecule has 1 rings (SSSR count). The number of carbonyl (C=O) groups is 2. The van der Waals surface area contributed by atoms with E-state index < -0.39 is 30.2 Å². The number of halogens is 2. The molecule has 92 valence electrons. The van der Waals surface area contributed by atoms with Gasteiger partial charge >= 0.3 is 5.97 Å². The molecule has 0 aliphatic rings. The summed E-state index contributed by atoms with van der Waals surface area (Å²) in [6.07, 6.45) is -0.464. The molecule has 1 atom stereocenters. The van der Waals surface area contributed by atoms with Gasteiger partial charge in [-0.25, -0.2) is 4.39 Å². The van der Waals surface area contributed by atoms with Crippen molar-refractivity contribution < 1.29 is 19.1 Å². The number of nitrogens with one attached hydrogen (secondary N) is 1. The standard InChI is InChI=1S/C10H10BrFN2O3/c11-6-3-5(1-2-7(6)12)14-10(17)8(13)4-9(15)16/h1-3,8H,4,13H2,(H,14,17)(H,15,16). The number of aliphatic carboxylic acids is 1. The lowest BCUT2D eigenvalue weighted by Gasteiger charge is -2.10. The fourth-order valence-electron chi connectivity index (χ4n) is 1.09. The predicted octanol–water partition coefficient (Wildman–Crippen LogP) is 1.33. The predicted molar refractivity (Wildman–Crippen MR) is 63.0 cm³/mol. The highest BCUT2D eigenvalue weighted by molar-refractivity contribution is 9.10. The zero-order valence-electron chi connectivity index (χ0n) is 8.61. The number of benzene rings is 1. The van der Waals surface area contributed by atoms with E-state index in [4.69, 9.17) is 10.8 Å². The summed E-state index contributed by atoms with van der Waals surface area (Å²) in [5.41, 5.74) is 5.69. The molecule has 0 aliphatic carbocycles. The third-order valence-corrected chi connectivity index (χ3v) is 2.53. The smallest absolute Gasteiger partial charge is 0.305 e. The Bertz CT molecular complexity index is 453. The second-order valence-corrected chi connectivity index (χ2v) is 4.18. The van der Waals surface area contributed by atoms with E-state index in [1.54, 1.807) is 0 Å². The third kappa shape index (κ3) is 4.12. The first-order valence-electron chi connectivity index (χ1n) is 4.63. The number of carbonyl (C=O) groups excluding carboxylic acids is 1. The summed E-state index contributed by atoms with van der Waals surface area (Å²) in [5.74, 6) is -2.25. The van der Waals surface area contributed by atoms with Crippen molar-refractivity contribution in [3.63, 3.8) is 0 Å². The molecule has 1 aromatic rings. The van der Waals surface area contributed by atoms with Crippen molar-refractivity contribution in [1.82, 2.24) is 0 Å². The second kappa shape index (κ2) is 5.74. The molecule has 17 heavy (non-hydrogen) atoms. The number of nitrogens with two attached hydrogens (primary N) is 1. The minimum Gasteiger partial charge on any atom is -0.481 e. The van der Waals surface area contributed by atoms with Crippen molar-refractivity contribution >= 4 is 33.5 Å². The molecule has 0 aromatic heterocycles. The molecule has 0 saturated heterocycles. The van der Waals surface area contributed by atoms with Crippen molar-refractivity contribution in [2.45, 2.75) is 12.5 Å². The average Bonchev–Trinajstić information content (AvgIpc) is 2.22. The Labute approximate surface area is 105 Å². The first-order chi connectivity index (χ1) is 7.90. The van der Waals surface area contributed by atoms with Crippen LogP contribution in [0.3, 0.4) is 0 Å². The van der Waals surface area contributed by atoms with Crippen LogP contribution in [0.15, 0.2) is 22.7 Å². The van der Waals surface area contributed by atoms with Crippen molar-refractivity contribution in [3.8, 4) is 0 Å². The molecule has 0 radical (unpaired) electrons. The second-order valence-electron chi connectivity index (χ2n) is 3.32. The van der Waals surface area contributed by atoms with Gasteiger partial charge in [-0.3, -0.25) is 9.59 Å². The van der Waals surface area contributed by atoms with E-state index in [0.29, 0.717) is 5.69 Å². The number of carboxylic acid groups (broad SMARTS) is 1. The molecule has 1 unspecified atom stereocenters. The number of carboxylic acids is 1. The Kier molecular flexibility index (Phi) is 4.59. The summed E-state index contributed by atoms with van der Waals surface area (Å²) in [5, 5.41) is 10.9. The molecule has 5 nitrogen and oxygen atoms in total. The Morgan fingerprint density at radius 1 is 1.53 bits per heavy atom. The van der Waals surface area contributed by atoms with E-state index in [2.05, 4.69) is 21.2 Å². The topological polar surface area (TPSA) is 92.4 Å². The normalized spacial score (nSPS) is 11.9. The molecule has 0 aliphatic heterocycles. The van der Waals surface area contributed by atoms with E-state index in [1.165, 1.54) is 18.2 Å². The Balaban J connectivity index is 2.67. The van der Waals surface area contributed by atoms with Crippen LogP contribution in [0.25, 0.3) is 0 Å². The van der Waals surface area contributed by atoms with Gasteiger partial charge in [-0.1, -0.05) is 0 Å². The maximum atomic E-state index is 12.9. The molecule has 1 amide bonds. The number of hydrogen-bond donors (Lipinski definition) is 3. The van der Waals surface area contributed by atoms with E-state index in [1.807, 2.05) is 0 Å². The highest BCUT2D eigenvalue weighted by Gasteiger charge is 2.17. The maximum absolute atomic E-state index is 12.9. The zero-order chi connectivity index (χ0) is 13.0. The van der Waals surface area contributed by atoms with Gasteiger partial charge in [-0.2, -0.15) is 0 Å². The van der Waals surface area contributed by atoms with E-state index in [-0.39, 0.29) is 4.47 Å².